The molecule has 1 heterocycles. The van der Waals surface area contributed by atoms with Crippen molar-refractivity contribution in [3.05, 3.63) is 87.1 Å². The summed E-state index contributed by atoms with van der Waals surface area (Å²) in [5.41, 5.74) is 1.10. The van der Waals surface area contributed by atoms with Gasteiger partial charge in [0.2, 0.25) is 0 Å². The van der Waals surface area contributed by atoms with Crippen LogP contribution in [0.2, 0.25) is 5.02 Å². The summed E-state index contributed by atoms with van der Waals surface area (Å²) in [5, 5.41) is 2.40. The number of halogens is 1. The zero-order valence-corrected chi connectivity index (χ0v) is 15.9. The number of thiophene rings is 1. The quantitative estimate of drug-likeness (QED) is 0.237. The van der Waals surface area contributed by atoms with Crippen molar-refractivity contribution in [2.75, 3.05) is 7.11 Å². The molecule has 0 fully saturated rings. The van der Waals surface area contributed by atoms with Crippen LogP contribution in [0.4, 0.5) is 0 Å². The van der Waals surface area contributed by atoms with Crippen LogP contribution < -0.4 is 9.47 Å². The molecule has 3 rings (SSSR count). The van der Waals surface area contributed by atoms with E-state index in [9.17, 15) is 9.59 Å². The molecule has 0 spiro atoms. The van der Waals surface area contributed by atoms with Crippen molar-refractivity contribution >= 4 is 40.8 Å². The summed E-state index contributed by atoms with van der Waals surface area (Å²) in [5.74, 6) is -0.170. The first kappa shape index (κ1) is 18.9. The molecule has 0 aliphatic heterocycles. The molecule has 0 N–H and O–H groups in total. The van der Waals surface area contributed by atoms with Crippen molar-refractivity contribution < 1.29 is 19.1 Å². The van der Waals surface area contributed by atoms with Gasteiger partial charge >= 0.3 is 5.97 Å². The van der Waals surface area contributed by atoms with E-state index >= 15 is 0 Å². The van der Waals surface area contributed by atoms with E-state index in [1.807, 2.05) is 0 Å². The van der Waals surface area contributed by atoms with E-state index < -0.39 is 5.97 Å². The molecule has 4 nitrogen and oxygen atoms in total. The minimum atomic E-state index is -0.519. The van der Waals surface area contributed by atoms with Crippen molar-refractivity contribution in [3.63, 3.8) is 0 Å². The Labute approximate surface area is 165 Å². The molecule has 0 aliphatic rings. The van der Waals surface area contributed by atoms with Gasteiger partial charge in [0.15, 0.2) is 5.78 Å². The minimum Gasteiger partial charge on any atom is -0.497 e. The molecular formula is C21H15ClO4S. The third kappa shape index (κ3) is 4.84. The Morgan fingerprint density at radius 1 is 1.07 bits per heavy atom. The topological polar surface area (TPSA) is 52.6 Å². The zero-order valence-electron chi connectivity index (χ0n) is 14.3. The van der Waals surface area contributed by atoms with Gasteiger partial charge in [-0.05, 0) is 47.4 Å². The highest BCUT2D eigenvalue weighted by Gasteiger charge is 2.17. The van der Waals surface area contributed by atoms with Crippen LogP contribution in [0.5, 0.6) is 11.5 Å². The Kier molecular flexibility index (Phi) is 6.06. The van der Waals surface area contributed by atoms with Gasteiger partial charge in [0.25, 0.3) is 0 Å². The van der Waals surface area contributed by atoms with Crippen LogP contribution in [0.3, 0.4) is 0 Å². The minimum absolute atomic E-state index is 0.151. The number of carbonyl (C=O) groups excluding carboxylic acids is 2. The fourth-order valence-electron chi connectivity index (χ4n) is 2.30. The Morgan fingerprint density at radius 3 is 2.52 bits per heavy atom. The van der Waals surface area contributed by atoms with Crippen molar-refractivity contribution in [2.45, 2.75) is 0 Å². The second kappa shape index (κ2) is 8.66. The second-order valence-electron chi connectivity index (χ2n) is 5.48. The first-order valence-electron chi connectivity index (χ1n) is 7.98. The highest BCUT2D eigenvalue weighted by atomic mass is 35.5. The van der Waals surface area contributed by atoms with Crippen molar-refractivity contribution in [2.24, 2.45) is 0 Å². The number of allylic oxidation sites excluding steroid dienone is 1. The molecule has 136 valence electrons. The maximum Gasteiger partial charge on any atom is 0.353 e. The van der Waals surface area contributed by atoms with Gasteiger partial charge in [0.05, 0.1) is 12.7 Å². The summed E-state index contributed by atoms with van der Waals surface area (Å²) in [7, 11) is 1.50. The summed E-state index contributed by atoms with van der Waals surface area (Å²) in [6, 6.07) is 15.3. The molecule has 0 saturated heterocycles. The molecule has 0 amide bonds. The van der Waals surface area contributed by atoms with Crippen molar-refractivity contribution in [1.82, 2.24) is 0 Å². The lowest BCUT2D eigenvalue weighted by molar-refractivity contribution is 0.0738. The van der Waals surface area contributed by atoms with E-state index in [2.05, 4.69) is 0 Å². The average molecular weight is 399 g/mol. The lowest BCUT2D eigenvalue weighted by Crippen LogP contribution is -2.10. The standard InChI is InChI=1S/C21H15ClO4S/c1-25-16-9-10-17(18(23)11-6-14-4-7-15(22)8-5-14)19(13-16)26-21(24)20-3-2-12-27-20/h2-13H,1H3. The molecule has 27 heavy (non-hydrogen) atoms. The first-order chi connectivity index (χ1) is 13.1. The van der Waals surface area contributed by atoms with E-state index in [-0.39, 0.29) is 17.1 Å². The first-order valence-corrected chi connectivity index (χ1v) is 9.24. The van der Waals surface area contributed by atoms with Crippen LogP contribution >= 0.6 is 22.9 Å². The fourth-order valence-corrected chi connectivity index (χ4v) is 3.02. The largest absolute Gasteiger partial charge is 0.497 e. The van der Waals surface area contributed by atoms with Crippen LogP contribution in [-0.2, 0) is 0 Å². The Morgan fingerprint density at radius 2 is 1.85 bits per heavy atom. The number of ketones is 1. The SMILES string of the molecule is COc1ccc(C(=O)C=Cc2ccc(Cl)cc2)c(OC(=O)c2cccs2)c1. The zero-order chi connectivity index (χ0) is 19.2. The second-order valence-corrected chi connectivity index (χ2v) is 6.86. The maximum absolute atomic E-state index is 12.6. The van der Waals surface area contributed by atoms with Gasteiger partial charge < -0.3 is 9.47 Å². The van der Waals surface area contributed by atoms with E-state index in [1.165, 1.54) is 30.6 Å². The van der Waals surface area contributed by atoms with Gasteiger partial charge in [-0.1, -0.05) is 35.9 Å². The van der Waals surface area contributed by atoms with Crippen LogP contribution in [0.1, 0.15) is 25.6 Å². The molecule has 3 aromatic rings. The van der Waals surface area contributed by atoms with Crippen molar-refractivity contribution in [1.29, 1.82) is 0 Å². The molecule has 0 saturated carbocycles. The molecule has 0 atom stereocenters. The van der Waals surface area contributed by atoms with Crippen LogP contribution in [0.25, 0.3) is 6.08 Å². The summed E-state index contributed by atoms with van der Waals surface area (Å²) >= 11 is 7.13. The molecular weight excluding hydrogens is 384 g/mol. The summed E-state index contributed by atoms with van der Waals surface area (Å²) in [6.07, 6.45) is 3.10. The predicted octanol–water partition coefficient (Wildman–Crippen LogP) is 5.53. The smallest absolute Gasteiger partial charge is 0.353 e. The molecule has 2 aromatic carbocycles. The number of rotatable bonds is 6. The Hall–Kier alpha value is -2.89. The highest BCUT2D eigenvalue weighted by molar-refractivity contribution is 7.12. The number of carbonyl (C=O) groups is 2. The highest BCUT2D eigenvalue weighted by Crippen LogP contribution is 2.27. The van der Waals surface area contributed by atoms with Gasteiger partial charge in [0.1, 0.15) is 16.4 Å². The monoisotopic (exact) mass is 398 g/mol. The van der Waals surface area contributed by atoms with Gasteiger partial charge in [-0.2, -0.15) is 0 Å². The maximum atomic E-state index is 12.6. The normalized spacial score (nSPS) is 10.7. The van der Waals surface area contributed by atoms with Gasteiger partial charge in [-0.15, -0.1) is 11.3 Å². The number of ether oxygens (including phenoxy) is 2. The number of hydrogen-bond donors (Lipinski definition) is 0. The van der Waals surface area contributed by atoms with E-state index in [0.717, 1.165) is 5.56 Å². The number of esters is 1. The number of methoxy groups -OCH3 is 1. The van der Waals surface area contributed by atoms with Crippen LogP contribution in [0.15, 0.2) is 66.1 Å². The van der Waals surface area contributed by atoms with E-state index in [0.29, 0.717) is 15.6 Å². The third-order valence-electron chi connectivity index (χ3n) is 3.68. The van der Waals surface area contributed by atoms with Crippen LogP contribution in [-0.4, -0.2) is 18.9 Å². The van der Waals surface area contributed by atoms with Gasteiger partial charge in [-0.3, -0.25) is 4.79 Å². The van der Waals surface area contributed by atoms with E-state index in [1.54, 1.807) is 60.0 Å². The average Bonchev–Trinajstić information content (AvgIpc) is 3.22. The molecule has 0 bridgehead atoms. The number of benzene rings is 2. The molecule has 1 aromatic heterocycles. The Bertz CT molecular complexity index is 976. The van der Waals surface area contributed by atoms with Gasteiger partial charge in [-0.25, -0.2) is 4.79 Å². The molecule has 0 aliphatic carbocycles. The van der Waals surface area contributed by atoms with Crippen molar-refractivity contribution in [3.8, 4) is 11.5 Å². The van der Waals surface area contributed by atoms with Crippen LogP contribution in [0, 0.1) is 0 Å². The fraction of sp³-hybridized carbons (Fsp3) is 0.0476. The van der Waals surface area contributed by atoms with E-state index in [4.69, 9.17) is 21.1 Å². The summed E-state index contributed by atoms with van der Waals surface area (Å²) < 4.78 is 10.6. The Balaban J connectivity index is 1.86. The lowest BCUT2D eigenvalue weighted by Gasteiger charge is -2.09. The predicted molar refractivity (Wildman–Crippen MR) is 107 cm³/mol. The summed E-state index contributed by atoms with van der Waals surface area (Å²) in [4.78, 5) is 25.3. The molecule has 6 heteroatoms. The third-order valence-corrected chi connectivity index (χ3v) is 4.78. The summed E-state index contributed by atoms with van der Waals surface area (Å²) in [6.45, 7) is 0. The number of hydrogen-bond acceptors (Lipinski definition) is 5. The van der Waals surface area contributed by atoms with Gasteiger partial charge in [0, 0.05) is 11.1 Å². The molecule has 0 unspecified atom stereocenters. The lowest BCUT2D eigenvalue weighted by atomic mass is 10.1. The molecule has 0 radical (unpaired) electrons.